The second-order valence-corrected chi connectivity index (χ2v) is 4.95. The first kappa shape index (κ1) is 13.4. The van der Waals surface area contributed by atoms with Crippen molar-refractivity contribution >= 4 is 9.84 Å². The van der Waals surface area contributed by atoms with Crippen LogP contribution in [0.1, 0.15) is 5.56 Å². The molecule has 0 fully saturated rings. The maximum Gasteiger partial charge on any atom is 0.501 e. The van der Waals surface area contributed by atoms with Gasteiger partial charge in [-0.05, 0) is 17.7 Å². The Morgan fingerprint density at radius 2 is 1.88 bits per heavy atom. The monoisotopic (exact) mass is 267 g/mol. The van der Waals surface area contributed by atoms with Gasteiger partial charge in [-0.3, -0.25) is 0 Å². The highest BCUT2D eigenvalue weighted by Crippen LogP contribution is 2.32. The largest absolute Gasteiger partial charge is 0.501 e. The van der Waals surface area contributed by atoms with E-state index >= 15 is 0 Å². The molecule has 0 heterocycles. The predicted octanol–water partition coefficient (Wildman–Crippen LogP) is 2.19. The Balaban J connectivity index is 3.51. The van der Waals surface area contributed by atoms with E-state index in [2.05, 4.69) is 0 Å². The zero-order valence-electron chi connectivity index (χ0n) is 8.12. The number of sulfone groups is 1. The number of nitriles is 1. The number of nitrogens with zero attached hydrogens (tertiary/aromatic N) is 1. The number of hydrogen-bond acceptors (Lipinski definition) is 3. The number of rotatable bonds is 2. The van der Waals surface area contributed by atoms with Crippen LogP contribution < -0.4 is 0 Å². The second kappa shape index (κ2) is 4.33. The molecular weight excluding hydrogens is 262 g/mol. The molecule has 0 spiro atoms. The topological polar surface area (TPSA) is 57.9 Å². The predicted molar refractivity (Wildman–Crippen MR) is 49.0 cm³/mol. The minimum absolute atomic E-state index is 0.259. The van der Waals surface area contributed by atoms with Crippen molar-refractivity contribution in [2.75, 3.05) is 0 Å². The molecular formula is C9H5F4NO2S. The molecule has 0 unspecified atom stereocenters. The lowest BCUT2D eigenvalue weighted by Crippen LogP contribution is -2.24. The first-order valence-corrected chi connectivity index (χ1v) is 5.65. The maximum atomic E-state index is 12.8. The molecule has 0 atom stereocenters. The molecule has 0 amide bonds. The van der Waals surface area contributed by atoms with Crippen LogP contribution in [0.25, 0.3) is 0 Å². The van der Waals surface area contributed by atoms with E-state index in [9.17, 15) is 26.0 Å². The van der Waals surface area contributed by atoms with Crippen molar-refractivity contribution in [3.8, 4) is 6.07 Å². The van der Waals surface area contributed by atoms with Crippen molar-refractivity contribution in [3.63, 3.8) is 0 Å². The fraction of sp³-hybridized carbons (Fsp3) is 0.222. The minimum Gasteiger partial charge on any atom is -0.214 e. The minimum atomic E-state index is -5.64. The van der Waals surface area contributed by atoms with Crippen molar-refractivity contribution in [2.45, 2.75) is 16.8 Å². The molecule has 1 rings (SSSR count). The van der Waals surface area contributed by atoms with Crippen LogP contribution >= 0.6 is 0 Å². The Hall–Kier alpha value is -1.62. The van der Waals surface area contributed by atoms with Crippen LogP contribution in [0.15, 0.2) is 23.1 Å². The Morgan fingerprint density at radius 3 is 2.35 bits per heavy atom. The summed E-state index contributed by atoms with van der Waals surface area (Å²) < 4.78 is 71.8. The summed E-state index contributed by atoms with van der Waals surface area (Å²) in [6.45, 7) is 0. The standard InChI is InChI=1S/C9H5F4NO2S/c10-7-2-1-6(3-4-14)8(5-7)17(15,16)9(11,12)13/h1-2,5H,3H2. The van der Waals surface area contributed by atoms with Crippen LogP contribution in [0.3, 0.4) is 0 Å². The molecule has 0 aliphatic heterocycles. The van der Waals surface area contributed by atoms with Gasteiger partial charge in [-0.25, -0.2) is 12.8 Å². The van der Waals surface area contributed by atoms with Gasteiger partial charge in [0.05, 0.1) is 17.4 Å². The summed E-state index contributed by atoms with van der Waals surface area (Å²) in [7, 11) is -5.64. The lowest BCUT2D eigenvalue weighted by Gasteiger charge is -2.11. The van der Waals surface area contributed by atoms with E-state index in [1.54, 1.807) is 0 Å². The summed E-state index contributed by atoms with van der Waals surface area (Å²) in [5, 5.41) is 8.36. The molecule has 3 nitrogen and oxygen atoms in total. The average molecular weight is 267 g/mol. The molecule has 0 saturated heterocycles. The Labute approximate surface area is 94.2 Å². The molecule has 0 aliphatic carbocycles. The summed E-state index contributed by atoms with van der Waals surface area (Å²) >= 11 is 0. The summed E-state index contributed by atoms with van der Waals surface area (Å²) in [4.78, 5) is -1.22. The molecule has 0 bridgehead atoms. The SMILES string of the molecule is N#CCc1ccc(F)cc1S(=O)(=O)C(F)(F)F. The normalized spacial score (nSPS) is 12.2. The van der Waals surface area contributed by atoms with Gasteiger partial charge in [0.15, 0.2) is 0 Å². The molecule has 8 heteroatoms. The van der Waals surface area contributed by atoms with Gasteiger partial charge in [-0.1, -0.05) is 6.07 Å². The molecule has 0 aromatic heterocycles. The molecule has 17 heavy (non-hydrogen) atoms. The highest BCUT2D eigenvalue weighted by atomic mass is 32.2. The van der Waals surface area contributed by atoms with E-state index in [1.165, 1.54) is 6.07 Å². The van der Waals surface area contributed by atoms with Gasteiger partial charge in [0, 0.05) is 0 Å². The van der Waals surface area contributed by atoms with E-state index in [0.29, 0.717) is 0 Å². The molecule has 92 valence electrons. The van der Waals surface area contributed by atoms with Crippen LogP contribution in [-0.2, 0) is 16.3 Å². The van der Waals surface area contributed by atoms with Gasteiger partial charge < -0.3 is 0 Å². The first-order valence-electron chi connectivity index (χ1n) is 4.17. The van der Waals surface area contributed by atoms with Gasteiger partial charge in [0.2, 0.25) is 0 Å². The third kappa shape index (κ3) is 2.55. The zero-order chi connectivity index (χ0) is 13.3. The smallest absolute Gasteiger partial charge is 0.214 e. The van der Waals surface area contributed by atoms with Crippen LogP contribution in [0.4, 0.5) is 17.6 Å². The molecule has 1 aromatic carbocycles. The fourth-order valence-electron chi connectivity index (χ4n) is 1.13. The average Bonchev–Trinajstić information content (AvgIpc) is 2.19. The Bertz CT molecular complexity index is 572. The molecule has 1 aromatic rings. The molecule has 0 radical (unpaired) electrons. The van der Waals surface area contributed by atoms with Crippen molar-refractivity contribution in [1.82, 2.24) is 0 Å². The van der Waals surface area contributed by atoms with Gasteiger partial charge in [0.1, 0.15) is 5.82 Å². The number of alkyl halides is 3. The summed E-state index contributed by atoms with van der Waals surface area (Å²) in [6, 6.07) is 3.41. The Morgan fingerprint density at radius 1 is 1.29 bits per heavy atom. The van der Waals surface area contributed by atoms with Gasteiger partial charge in [-0.15, -0.1) is 0 Å². The van der Waals surface area contributed by atoms with Gasteiger partial charge >= 0.3 is 5.51 Å². The van der Waals surface area contributed by atoms with Crippen molar-refractivity contribution < 1.29 is 26.0 Å². The lowest BCUT2D eigenvalue weighted by atomic mass is 10.2. The van der Waals surface area contributed by atoms with Gasteiger partial charge in [0.25, 0.3) is 9.84 Å². The van der Waals surface area contributed by atoms with E-state index in [1.807, 2.05) is 0 Å². The summed E-state index contributed by atoms with van der Waals surface area (Å²) in [6.07, 6.45) is -0.551. The fourth-order valence-corrected chi connectivity index (χ4v) is 2.14. The van der Waals surface area contributed by atoms with Crippen molar-refractivity contribution in [1.29, 1.82) is 5.26 Å². The van der Waals surface area contributed by atoms with E-state index in [-0.39, 0.29) is 11.6 Å². The first-order chi connectivity index (χ1) is 7.70. The molecule has 0 aliphatic rings. The number of halogens is 4. The van der Waals surface area contributed by atoms with E-state index in [0.717, 1.165) is 12.1 Å². The van der Waals surface area contributed by atoms with Crippen molar-refractivity contribution in [2.24, 2.45) is 0 Å². The van der Waals surface area contributed by atoms with E-state index < -0.39 is 32.5 Å². The van der Waals surface area contributed by atoms with Crippen LogP contribution in [0, 0.1) is 17.1 Å². The maximum absolute atomic E-state index is 12.8. The quantitative estimate of drug-likeness (QED) is 0.772. The van der Waals surface area contributed by atoms with Crippen LogP contribution in [0.2, 0.25) is 0 Å². The Kier molecular flexibility index (Phi) is 3.43. The highest BCUT2D eigenvalue weighted by molar-refractivity contribution is 7.92. The summed E-state index contributed by atoms with van der Waals surface area (Å²) in [5.74, 6) is -1.12. The second-order valence-electron chi connectivity index (χ2n) is 3.04. The lowest BCUT2D eigenvalue weighted by molar-refractivity contribution is -0.0436. The van der Waals surface area contributed by atoms with Crippen molar-refractivity contribution in [3.05, 3.63) is 29.6 Å². The zero-order valence-corrected chi connectivity index (χ0v) is 8.94. The summed E-state index contributed by atoms with van der Waals surface area (Å²) in [5.41, 5.74) is -5.91. The molecule has 0 saturated carbocycles. The van der Waals surface area contributed by atoms with Crippen LogP contribution in [-0.4, -0.2) is 13.9 Å². The highest BCUT2D eigenvalue weighted by Gasteiger charge is 2.47. The number of hydrogen-bond donors (Lipinski definition) is 0. The van der Waals surface area contributed by atoms with Crippen LogP contribution in [0.5, 0.6) is 0 Å². The third-order valence-electron chi connectivity index (χ3n) is 1.89. The molecule has 0 N–H and O–H groups in total. The number of benzene rings is 1. The third-order valence-corrected chi connectivity index (χ3v) is 3.46. The van der Waals surface area contributed by atoms with Gasteiger partial charge in [-0.2, -0.15) is 18.4 Å². The van der Waals surface area contributed by atoms with E-state index in [4.69, 9.17) is 5.26 Å².